The zero-order valence-corrected chi connectivity index (χ0v) is 29.0. The van der Waals surface area contributed by atoms with E-state index in [0.29, 0.717) is 18.2 Å². The summed E-state index contributed by atoms with van der Waals surface area (Å²) < 4.78 is 24.5. The van der Waals surface area contributed by atoms with Crippen LogP contribution in [0.1, 0.15) is 50.0 Å². The van der Waals surface area contributed by atoms with Gasteiger partial charge in [-0.15, -0.1) is 0 Å². The van der Waals surface area contributed by atoms with E-state index in [2.05, 4.69) is 51.6 Å². The summed E-state index contributed by atoms with van der Waals surface area (Å²) in [6, 6.07) is 18.0. The first-order valence-electron chi connectivity index (χ1n) is 17.4. The highest BCUT2D eigenvalue weighted by molar-refractivity contribution is 5.79. The molecule has 274 valence electrons. The molecule has 0 aliphatic carbocycles. The van der Waals surface area contributed by atoms with Gasteiger partial charge in [0.15, 0.2) is 6.10 Å². The number of carbonyl (C=O) groups excluding carboxylic acids is 1. The maximum Gasteiger partial charge on any atom is 0.330 e. The summed E-state index contributed by atoms with van der Waals surface area (Å²) in [5, 5.41) is 24.6. The van der Waals surface area contributed by atoms with E-state index < -0.39 is 54.1 Å². The molecule has 2 unspecified atom stereocenters. The Bertz CT molecular complexity index is 1790. The second-order valence-corrected chi connectivity index (χ2v) is 13.6. The highest BCUT2D eigenvalue weighted by Crippen LogP contribution is 2.40. The van der Waals surface area contributed by atoms with Crippen LogP contribution in [0, 0.1) is 11.8 Å². The van der Waals surface area contributed by atoms with Gasteiger partial charge in [-0.1, -0.05) is 38.1 Å². The number of aliphatic hydroxyl groups is 2. The van der Waals surface area contributed by atoms with Gasteiger partial charge in [0, 0.05) is 43.5 Å². The molecule has 3 aliphatic rings. The van der Waals surface area contributed by atoms with Crippen molar-refractivity contribution in [3.05, 3.63) is 105 Å². The molecule has 0 bridgehead atoms. The Balaban J connectivity index is 1.01. The molecule has 8 atom stereocenters. The van der Waals surface area contributed by atoms with Crippen LogP contribution in [-0.4, -0.2) is 83.1 Å². The van der Waals surface area contributed by atoms with Crippen LogP contribution in [0.3, 0.4) is 0 Å². The summed E-state index contributed by atoms with van der Waals surface area (Å²) in [7, 11) is 1.68. The van der Waals surface area contributed by atoms with Gasteiger partial charge in [-0.3, -0.25) is 19.1 Å². The smallest absolute Gasteiger partial charge is 0.330 e. The first kappa shape index (κ1) is 36.3. The minimum atomic E-state index is -1.50. The number of nitrogens with two attached hydrogens (primary N) is 1. The predicted molar refractivity (Wildman–Crippen MR) is 188 cm³/mol. The van der Waals surface area contributed by atoms with Crippen LogP contribution in [0.25, 0.3) is 0 Å². The van der Waals surface area contributed by atoms with E-state index in [-0.39, 0.29) is 18.4 Å². The van der Waals surface area contributed by atoms with Crippen LogP contribution < -0.4 is 31.9 Å². The fourth-order valence-electron chi connectivity index (χ4n) is 7.13. The number of piperidine rings is 1. The van der Waals surface area contributed by atoms with Gasteiger partial charge in [0.1, 0.15) is 29.9 Å². The van der Waals surface area contributed by atoms with Gasteiger partial charge in [-0.05, 0) is 66.1 Å². The number of amides is 1. The highest BCUT2D eigenvalue weighted by atomic mass is 16.7. The van der Waals surface area contributed by atoms with Gasteiger partial charge in [-0.2, -0.15) is 0 Å². The van der Waals surface area contributed by atoms with Crippen molar-refractivity contribution in [3.63, 3.8) is 0 Å². The van der Waals surface area contributed by atoms with Crippen molar-refractivity contribution in [2.45, 2.75) is 76.1 Å². The van der Waals surface area contributed by atoms with Crippen molar-refractivity contribution in [2.75, 3.05) is 31.6 Å². The molecule has 0 radical (unpaired) electrons. The summed E-state index contributed by atoms with van der Waals surface area (Å²) in [5.74, 6) is 0.262. The van der Waals surface area contributed by atoms with Crippen molar-refractivity contribution in [2.24, 2.45) is 17.6 Å². The minimum absolute atomic E-state index is 0.218. The van der Waals surface area contributed by atoms with E-state index in [1.807, 2.05) is 26.0 Å². The summed E-state index contributed by atoms with van der Waals surface area (Å²) in [6.07, 6.45) is -2.46. The number of anilines is 1. The Hall–Kier alpha value is -4.47. The number of hydrogen-bond acceptors (Lipinski definition) is 11. The monoisotopic (exact) mass is 705 g/mol. The number of methoxy groups -OCH3 is 1. The summed E-state index contributed by atoms with van der Waals surface area (Å²) in [4.78, 5) is 41.3. The molecule has 14 heteroatoms. The Kier molecular flexibility index (Phi) is 11.3. The lowest BCUT2D eigenvalue weighted by Crippen LogP contribution is -2.52. The zero-order chi connectivity index (χ0) is 36.2. The third-order valence-electron chi connectivity index (χ3n) is 10.3. The lowest BCUT2D eigenvalue weighted by molar-refractivity contribution is -0.239. The summed E-state index contributed by atoms with van der Waals surface area (Å²) in [6.45, 7) is 6.36. The molecule has 2 saturated heterocycles. The molecule has 1 aromatic heterocycles. The van der Waals surface area contributed by atoms with Crippen LogP contribution in [0.2, 0.25) is 0 Å². The molecule has 4 heterocycles. The lowest BCUT2D eigenvalue weighted by atomic mass is 9.89. The molecule has 3 aliphatic heterocycles. The topological polar surface area (TPSA) is 191 Å². The van der Waals surface area contributed by atoms with Crippen molar-refractivity contribution >= 4 is 11.6 Å². The number of carbonyl (C=O) groups is 1. The Labute approximate surface area is 295 Å². The number of aromatic amines is 1. The largest absolute Gasteiger partial charge is 0.497 e. The lowest BCUT2D eigenvalue weighted by Gasteiger charge is -2.35. The van der Waals surface area contributed by atoms with Crippen LogP contribution in [-0.2, 0) is 25.5 Å². The molecule has 14 nitrogen and oxygen atoms in total. The van der Waals surface area contributed by atoms with E-state index in [9.17, 15) is 24.6 Å². The number of nitrogens with zero attached hydrogens (tertiary/aromatic N) is 2. The molecule has 6 N–H and O–H groups in total. The van der Waals surface area contributed by atoms with Crippen molar-refractivity contribution < 1.29 is 34.0 Å². The third kappa shape index (κ3) is 8.21. The molecule has 3 aromatic rings. The maximum absolute atomic E-state index is 12.7. The molecule has 0 saturated carbocycles. The van der Waals surface area contributed by atoms with Gasteiger partial charge in [0.2, 0.25) is 12.2 Å². The quantitative estimate of drug-likeness (QED) is 0.185. The normalized spacial score (nSPS) is 27.4. The fourth-order valence-corrected chi connectivity index (χ4v) is 7.13. The maximum atomic E-state index is 12.7. The number of benzene rings is 2. The SMILES string of the molecule is COc1ccc(C2CCN(c3ccc(CNCC4=CC(O)[C@@H](O)[C@@H](O[C@@H](C(N)=O)[C@H]5O[C@@H](n6ccc(=O)[nH]c6=O)C(C)[C@H]5C)O4)cc3)CC2)cc1. The van der Waals surface area contributed by atoms with Crippen molar-refractivity contribution in [1.82, 2.24) is 14.9 Å². The molecule has 6 rings (SSSR count). The number of H-pyrrole nitrogens is 1. The number of primary amides is 1. The number of nitrogens with one attached hydrogen (secondary N) is 2. The fraction of sp³-hybridized carbons (Fsp3) is 0.486. The second-order valence-electron chi connectivity index (χ2n) is 13.6. The van der Waals surface area contributed by atoms with E-state index >= 15 is 0 Å². The minimum Gasteiger partial charge on any atom is -0.497 e. The van der Waals surface area contributed by atoms with Gasteiger partial charge in [-0.25, -0.2) is 4.79 Å². The molecule has 2 aromatic carbocycles. The first-order chi connectivity index (χ1) is 24.5. The van der Waals surface area contributed by atoms with E-state index in [1.54, 1.807) is 7.11 Å². The number of aromatic nitrogens is 2. The Morgan fingerprint density at radius 1 is 1.02 bits per heavy atom. The number of rotatable bonds is 12. The molecule has 0 spiro atoms. The molecular formula is C37H47N5O9. The Morgan fingerprint density at radius 3 is 2.37 bits per heavy atom. The van der Waals surface area contributed by atoms with Gasteiger partial charge < -0.3 is 45.1 Å². The van der Waals surface area contributed by atoms with Crippen LogP contribution in [0.4, 0.5) is 5.69 Å². The van der Waals surface area contributed by atoms with Crippen molar-refractivity contribution in [1.29, 1.82) is 0 Å². The highest BCUT2D eigenvalue weighted by Gasteiger charge is 2.48. The van der Waals surface area contributed by atoms with E-state index in [4.69, 9.17) is 24.7 Å². The summed E-state index contributed by atoms with van der Waals surface area (Å²) >= 11 is 0. The molecule has 1 amide bonds. The van der Waals surface area contributed by atoms with Gasteiger partial charge in [0.05, 0.1) is 19.8 Å². The molecule has 2 fully saturated rings. The van der Waals surface area contributed by atoms with Gasteiger partial charge >= 0.3 is 5.69 Å². The number of hydrogen-bond donors (Lipinski definition) is 5. The third-order valence-corrected chi connectivity index (χ3v) is 10.3. The predicted octanol–water partition coefficient (Wildman–Crippen LogP) is 1.72. The van der Waals surface area contributed by atoms with E-state index in [1.165, 1.54) is 34.2 Å². The number of ether oxygens (including phenoxy) is 4. The Morgan fingerprint density at radius 2 is 1.73 bits per heavy atom. The molecule has 51 heavy (non-hydrogen) atoms. The molecular weight excluding hydrogens is 658 g/mol. The second kappa shape index (κ2) is 15.8. The standard InChI is InChI=1S/C37H47N5O9/c1-21-22(2)35(42-17-14-30(44)40-37(42)47)50-32(21)33(34(38)46)51-36-31(45)29(43)18-28(49-36)20-39-19-23-4-8-26(9-5-23)41-15-12-25(13-16-41)24-6-10-27(48-3)11-7-24/h4-11,14,17-18,21-22,25,29,31-33,35-36,39,43,45H,12-13,15-16,19-20H2,1-3H3,(H2,38,46)(H,40,44,47)/t21-,22?,29?,31-,32+,33-,35-,36-/m1/s1. The van der Waals surface area contributed by atoms with Gasteiger partial charge in [0.25, 0.3) is 5.56 Å². The average molecular weight is 706 g/mol. The summed E-state index contributed by atoms with van der Waals surface area (Å²) in [5.41, 5.74) is 8.13. The zero-order valence-electron chi connectivity index (χ0n) is 29.0. The number of aliphatic hydroxyl groups excluding tert-OH is 2. The first-order valence-corrected chi connectivity index (χ1v) is 17.4. The van der Waals surface area contributed by atoms with Crippen LogP contribution in [0.15, 0.2) is 82.2 Å². The van der Waals surface area contributed by atoms with Crippen LogP contribution in [0.5, 0.6) is 5.75 Å². The van der Waals surface area contributed by atoms with Crippen LogP contribution >= 0.6 is 0 Å². The van der Waals surface area contributed by atoms with Crippen molar-refractivity contribution in [3.8, 4) is 5.75 Å². The average Bonchev–Trinajstić information content (AvgIpc) is 3.41. The van der Waals surface area contributed by atoms with E-state index in [0.717, 1.165) is 37.2 Å².